The Kier molecular flexibility index (Phi) is 4.99. The Bertz CT molecular complexity index is 620. The molecule has 1 saturated heterocycles. The van der Waals surface area contributed by atoms with E-state index in [1.54, 1.807) is 11.0 Å². The van der Waals surface area contributed by atoms with Crippen LogP contribution in [0.2, 0.25) is 0 Å². The molecule has 1 unspecified atom stereocenters. The van der Waals surface area contributed by atoms with Gasteiger partial charge >= 0.3 is 0 Å². The van der Waals surface area contributed by atoms with Gasteiger partial charge in [0.2, 0.25) is 5.91 Å². The molecule has 3 N–H and O–H groups in total. The highest BCUT2D eigenvalue weighted by Crippen LogP contribution is 2.17. The van der Waals surface area contributed by atoms with Crippen LogP contribution >= 0.6 is 0 Å². The summed E-state index contributed by atoms with van der Waals surface area (Å²) in [6.45, 7) is 1.85. The van der Waals surface area contributed by atoms with Gasteiger partial charge < -0.3 is 15.8 Å². The smallest absolute Gasteiger partial charge is 0.237 e. The van der Waals surface area contributed by atoms with Crippen molar-refractivity contribution in [2.75, 3.05) is 13.2 Å². The fourth-order valence-corrected chi connectivity index (χ4v) is 2.70. The van der Waals surface area contributed by atoms with Crippen molar-refractivity contribution < 1.29 is 9.53 Å². The molecule has 0 spiro atoms. The molecule has 122 valence electrons. The highest BCUT2D eigenvalue weighted by atomic mass is 16.5. The summed E-state index contributed by atoms with van der Waals surface area (Å²) in [7, 11) is 0. The van der Waals surface area contributed by atoms with Gasteiger partial charge in [0.25, 0.3) is 0 Å². The molecule has 1 aliphatic rings. The van der Waals surface area contributed by atoms with Crippen molar-refractivity contribution in [2.24, 2.45) is 11.7 Å². The summed E-state index contributed by atoms with van der Waals surface area (Å²) < 4.78 is 6.99. The van der Waals surface area contributed by atoms with E-state index < -0.39 is 6.04 Å². The van der Waals surface area contributed by atoms with Crippen LogP contribution in [0.4, 0.5) is 0 Å². The minimum absolute atomic E-state index is 0.0998. The van der Waals surface area contributed by atoms with Gasteiger partial charge in [-0.05, 0) is 36.5 Å². The van der Waals surface area contributed by atoms with Gasteiger partial charge in [-0.1, -0.05) is 12.1 Å². The molecule has 7 heteroatoms. The maximum atomic E-state index is 12.2. The van der Waals surface area contributed by atoms with Gasteiger partial charge in [0.15, 0.2) is 0 Å². The van der Waals surface area contributed by atoms with Crippen LogP contribution in [0.5, 0.6) is 0 Å². The molecule has 23 heavy (non-hydrogen) atoms. The van der Waals surface area contributed by atoms with E-state index in [0.29, 0.717) is 19.8 Å². The summed E-state index contributed by atoms with van der Waals surface area (Å²) in [4.78, 5) is 16.1. The third-order valence-corrected chi connectivity index (χ3v) is 4.16. The monoisotopic (exact) mass is 315 g/mol. The van der Waals surface area contributed by atoms with Gasteiger partial charge in [-0.2, -0.15) is 5.10 Å². The zero-order valence-corrected chi connectivity index (χ0v) is 12.9. The van der Waals surface area contributed by atoms with Gasteiger partial charge in [0, 0.05) is 19.8 Å². The lowest BCUT2D eigenvalue weighted by Crippen LogP contribution is -2.46. The molecule has 0 radical (unpaired) electrons. The van der Waals surface area contributed by atoms with Crippen molar-refractivity contribution in [1.82, 2.24) is 20.1 Å². The molecule has 7 nitrogen and oxygen atoms in total. The van der Waals surface area contributed by atoms with Crippen molar-refractivity contribution in [3.05, 3.63) is 42.5 Å². The molecule has 0 saturated carbocycles. The Morgan fingerprint density at radius 3 is 2.74 bits per heavy atom. The summed E-state index contributed by atoms with van der Waals surface area (Å²) in [5, 5.41) is 6.99. The highest BCUT2D eigenvalue weighted by Gasteiger charge is 2.26. The standard InChI is InChI=1S/C16H21N5O2/c17-15(13-5-7-23-8-6-13)16(22)19-9-12-1-3-14(4-2-12)21-11-18-10-20-21/h1-4,10-11,13,15H,5-9,17H2,(H,19,22). The second kappa shape index (κ2) is 7.34. The number of ether oxygens (including phenoxy) is 1. The molecule has 1 aromatic heterocycles. The van der Waals surface area contributed by atoms with Crippen LogP contribution < -0.4 is 11.1 Å². The molecule has 0 aliphatic carbocycles. The molecule has 2 heterocycles. The first-order valence-corrected chi connectivity index (χ1v) is 7.79. The second-order valence-electron chi connectivity index (χ2n) is 5.70. The van der Waals surface area contributed by atoms with Crippen molar-refractivity contribution in [1.29, 1.82) is 0 Å². The number of nitrogens with two attached hydrogens (primary N) is 1. The Balaban J connectivity index is 1.52. The van der Waals surface area contributed by atoms with E-state index in [9.17, 15) is 4.79 Å². The van der Waals surface area contributed by atoms with Crippen molar-refractivity contribution in [3.8, 4) is 5.69 Å². The molecular weight excluding hydrogens is 294 g/mol. The average molecular weight is 315 g/mol. The maximum Gasteiger partial charge on any atom is 0.237 e. The van der Waals surface area contributed by atoms with Gasteiger partial charge in [-0.3, -0.25) is 4.79 Å². The number of nitrogens with one attached hydrogen (secondary N) is 1. The number of aromatic nitrogens is 3. The van der Waals surface area contributed by atoms with Crippen LogP contribution in [-0.2, 0) is 16.1 Å². The third kappa shape index (κ3) is 3.94. The zero-order valence-electron chi connectivity index (χ0n) is 12.9. The Morgan fingerprint density at radius 2 is 2.09 bits per heavy atom. The van der Waals surface area contributed by atoms with Crippen molar-refractivity contribution in [2.45, 2.75) is 25.4 Å². The maximum absolute atomic E-state index is 12.2. The van der Waals surface area contributed by atoms with Crippen LogP contribution in [0.15, 0.2) is 36.9 Å². The zero-order chi connectivity index (χ0) is 16.1. The summed E-state index contributed by atoms with van der Waals surface area (Å²) >= 11 is 0. The number of carbonyl (C=O) groups excluding carboxylic acids is 1. The van der Waals surface area contributed by atoms with E-state index in [-0.39, 0.29) is 11.8 Å². The summed E-state index contributed by atoms with van der Waals surface area (Å²) in [6.07, 6.45) is 4.83. The Labute approximate surface area is 134 Å². The first-order valence-electron chi connectivity index (χ1n) is 7.79. The van der Waals surface area contributed by atoms with Crippen LogP contribution in [-0.4, -0.2) is 39.9 Å². The lowest BCUT2D eigenvalue weighted by Gasteiger charge is -2.26. The average Bonchev–Trinajstić information content (AvgIpc) is 3.15. The SMILES string of the molecule is NC(C(=O)NCc1ccc(-n2cncn2)cc1)C1CCOCC1. The second-order valence-corrected chi connectivity index (χ2v) is 5.70. The summed E-state index contributed by atoms with van der Waals surface area (Å²) in [5.41, 5.74) is 8.00. The Hall–Kier alpha value is -2.25. The van der Waals surface area contributed by atoms with E-state index in [2.05, 4.69) is 15.4 Å². The molecule has 2 aromatic rings. The van der Waals surface area contributed by atoms with E-state index in [1.807, 2.05) is 24.3 Å². The van der Waals surface area contributed by atoms with E-state index in [4.69, 9.17) is 10.5 Å². The molecule has 3 rings (SSSR count). The summed E-state index contributed by atoms with van der Waals surface area (Å²) in [5.74, 6) is 0.107. The number of benzene rings is 1. The number of rotatable bonds is 5. The molecule has 1 aliphatic heterocycles. The van der Waals surface area contributed by atoms with Crippen molar-refractivity contribution >= 4 is 5.91 Å². The topological polar surface area (TPSA) is 95.1 Å². The normalized spacial score (nSPS) is 16.9. The van der Waals surface area contributed by atoms with Crippen LogP contribution in [0.25, 0.3) is 5.69 Å². The number of nitrogens with zero attached hydrogens (tertiary/aromatic N) is 3. The fraction of sp³-hybridized carbons (Fsp3) is 0.438. The lowest BCUT2D eigenvalue weighted by molar-refractivity contribution is -0.124. The summed E-state index contributed by atoms with van der Waals surface area (Å²) in [6, 6.07) is 7.32. The molecule has 1 aromatic carbocycles. The van der Waals surface area contributed by atoms with E-state index in [0.717, 1.165) is 24.1 Å². The Morgan fingerprint density at radius 1 is 1.35 bits per heavy atom. The van der Waals surface area contributed by atoms with Gasteiger partial charge in [0.1, 0.15) is 12.7 Å². The minimum Gasteiger partial charge on any atom is -0.381 e. The van der Waals surface area contributed by atoms with Gasteiger partial charge in [-0.15, -0.1) is 0 Å². The quantitative estimate of drug-likeness (QED) is 0.844. The molecule has 0 bridgehead atoms. The third-order valence-electron chi connectivity index (χ3n) is 4.16. The van der Waals surface area contributed by atoms with Crippen molar-refractivity contribution in [3.63, 3.8) is 0 Å². The van der Waals surface area contributed by atoms with E-state index >= 15 is 0 Å². The molecule has 1 atom stereocenters. The number of hydrogen-bond donors (Lipinski definition) is 2. The number of hydrogen-bond acceptors (Lipinski definition) is 5. The van der Waals surface area contributed by atoms with Crippen LogP contribution in [0.3, 0.4) is 0 Å². The minimum atomic E-state index is -0.465. The fourth-order valence-electron chi connectivity index (χ4n) is 2.70. The number of carbonyl (C=O) groups is 1. The first-order chi connectivity index (χ1) is 11.2. The predicted octanol–water partition coefficient (Wildman–Crippen LogP) is 0.637. The number of amides is 1. The van der Waals surface area contributed by atoms with Gasteiger partial charge in [0.05, 0.1) is 11.7 Å². The van der Waals surface area contributed by atoms with Gasteiger partial charge in [-0.25, -0.2) is 9.67 Å². The molecular formula is C16H21N5O2. The highest BCUT2D eigenvalue weighted by molar-refractivity contribution is 5.81. The first kappa shape index (κ1) is 15.6. The largest absolute Gasteiger partial charge is 0.381 e. The van der Waals surface area contributed by atoms with Crippen LogP contribution in [0.1, 0.15) is 18.4 Å². The van der Waals surface area contributed by atoms with E-state index in [1.165, 1.54) is 6.33 Å². The molecule has 1 amide bonds. The molecule has 1 fully saturated rings. The van der Waals surface area contributed by atoms with Crippen LogP contribution in [0, 0.1) is 5.92 Å². The predicted molar refractivity (Wildman–Crippen MR) is 84.7 cm³/mol. The lowest BCUT2D eigenvalue weighted by atomic mass is 9.92.